The average molecular weight is 339 g/mol. The Labute approximate surface area is 140 Å². The summed E-state index contributed by atoms with van der Waals surface area (Å²) in [6.45, 7) is 5.05. The van der Waals surface area contributed by atoms with E-state index in [1.807, 2.05) is 0 Å². The number of anilines is 1. The Morgan fingerprint density at radius 3 is 2.65 bits per heavy atom. The second kappa shape index (κ2) is 7.75. The van der Waals surface area contributed by atoms with Crippen molar-refractivity contribution in [1.29, 1.82) is 0 Å². The van der Waals surface area contributed by atoms with E-state index in [1.165, 1.54) is 0 Å². The Kier molecular flexibility index (Phi) is 6.28. The molecular weight excluding hydrogens is 320 g/mol. The van der Waals surface area contributed by atoms with Gasteiger partial charge in [0.1, 0.15) is 11.6 Å². The first-order valence-corrected chi connectivity index (χ1v) is 7.22. The van der Waals surface area contributed by atoms with Crippen LogP contribution in [0.3, 0.4) is 0 Å². The summed E-state index contributed by atoms with van der Waals surface area (Å²) in [5, 5.41) is 11.9. The topological polar surface area (TPSA) is 102 Å². The molecule has 0 bridgehead atoms. The lowest BCUT2D eigenvalue weighted by Crippen LogP contribution is -2.43. The van der Waals surface area contributed by atoms with E-state index in [2.05, 4.69) is 17.2 Å². The summed E-state index contributed by atoms with van der Waals surface area (Å²) in [5.74, 6) is 4.22. The molecule has 0 unspecified atom stereocenters. The van der Waals surface area contributed by atoms with Gasteiger partial charge in [-0.2, -0.15) is 0 Å². The van der Waals surface area contributed by atoms with Crippen LogP contribution in [0.15, 0.2) is 18.2 Å². The monoisotopic (exact) mass is 338 g/mol. The third kappa shape index (κ3) is 6.94. The molecule has 0 spiro atoms. The van der Waals surface area contributed by atoms with Gasteiger partial charge in [0.15, 0.2) is 0 Å². The molecule has 0 heterocycles. The number of carboxylic acid groups (broad SMARTS) is 1. The maximum Gasteiger partial charge on any atom is 0.408 e. The van der Waals surface area contributed by atoms with E-state index in [-0.39, 0.29) is 6.42 Å². The second-order valence-corrected chi connectivity index (χ2v) is 6.21. The average Bonchev–Trinajstić information content (AvgIpc) is 2.39. The lowest BCUT2D eigenvalue weighted by molar-refractivity contribution is -0.139. The molecule has 1 aromatic carbocycles. The van der Waals surface area contributed by atoms with Crippen molar-refractivity contribution in [1.82, 2.24) is 5.32 Å². The Morgan fingerprint density at radius 1 is 1.43 bits per heavy atom. The molecule has 7 heteroatoms. The molecule has 0 radical (unpaired) electrons. The number of aliphatic carboxylic acids is 1. The number of ether oxygens (including phenoxy) is 1. The molecule has 124 valence electrons. The first-order chi connectivity index (χ1) is 10.6. The summed E-state index contributed by atoms with van der Waals surface area (Å²) in [7, 11) is 0. The summed E-state index contributed by atoms with van der Waals surface area (Å²) < 4.78 is 5.02. The van der Waals surface area contributed by atoms with Crippen molar-refractivity contribution in [2.24, 2.45) is 0 Å². The Bertz CT molecular complexity index is 656. The van der Waals surface area contributed by atoms with E-state index in [1.54, 1.807) is 39.0 Å². The predicted molar refractivity (Wildman–Crippen MR) is 88.2 cm³/mol. The van der Waals surface area contributed by atoms with Crippen LogP contribution in [0, 0.1) is 11.8 Å². The van der Waals surface area contributed by atoms with Gasteiger partial charge in [0, 0.05) is 22.7 Å². The van der Waals surface area contributed by atoms with Crippen LogP contribution in [-0.2, 0) is 9.53 Å². The standard InChI is InChI=1S/C16H19ClN2O4/c1-16(2,3)23-15(22)19-13(14(20)21)6-4-5-10-9-11(17)7-8-12(10)18/h7-9,13H,6,18H2,1-3H3,(H,19,22)(H,20,21)/t13-/m1/s1. The predicted octanol–water partition coefficient (Wildman–Crippen LogP) is 2.64. The molecule has 1 amide bonds. The van der Waals surface area contributed by atoms with Gasteiger partial charge < -0.3 is 20.9 Å². The molecule has 1 aromatic rings. The van der Waals surface area contributed by atoms with Crippen molar-refractivity contribution in [3.63, 3.8) is 0 Å². The zero-order valence-corrected chi connectivity index (χ0v) is 13.9. The summed E-state index contributed by atoms with van der Waals surface area (Å²) in [6.07, 6.45) is -0.908. The quantitative estimate of drug-likeness (QED) is 0.581. The highest BCUT2D eigenvalue weighted by molar-refractivity contribution is 6.30. The van der Waals surface area contributed by atoms with Gasteiger partial charge in [-0.05, 0) is 39.0 Å². The largest absolute Gasteiger partial charge is 0.480 e. The molecule has 0 aliphatic carbocycles. The summed E-state index contributed by atoms with van der Waals surface area (Å²) in [6, 6.07) is 3.64. The summed E-state index contributed by atoms with van der Waals surface area (Å²) in [4.78, 5) is 22.8. The number of amides is 1. The van der Waals surface area contributed by atoms with Gasteiger partial charge in [-0.15, -0.1) is 0 Å². The maximum atomic E-state index is 11.6. The smallest absolute Gasteiger partial charge is 0.408 e. The molecule has 1 atom stereocenters. The van der Waals surface area contributed by atoms with Crippen molar-refractivity contribution in [2.75, 3.05) is 5.73 Å². The number of rotatable bonds is 3. The highest BCUT2D eigenvalue weighted by atomic mass is 35.5. The van der Waals surface area contributed by atoms with Crippen LogP contribution in [0.4, 0.5) is 10.5 Å². The lowest BCUT2D eigenvalue weighted by Gasteiger charge is -2.21. The van der Waals surface area contributed by atoms with Gasteiger partial charge in [0.05, 0.1) is 0 Å². The fourth-order valence-corrected chi connectivity index (χ4v) is 1.71. The number of halogens is 1. The molecule has 0 fully saturated rings. The number of nitrogens with one attached hydrogen (secondary N) is 1. The minimum Gasteiger partial charge on any atom is -0.480 e. The maximum absolute atomic E-state index is 11.6. The van der Waals surface area contributed by atoms with Gasteiger partial charge >= 0.3 is 12.1 Å². The number of alkyl carbamates (subject to hydrolysis) is 1. The lowest BCUT2D eigenvalue weighted by atomic mass is 10.1. The highest BCUT2D eigenvalue weighted by Gasteiger charge is 2.23. The van der Waals surface area contributed by atoms with E-state index >= 15 is 0 Å². The molecule has 23 heavy (non-hydrogen) atoms. The van der Waals surface area contributed by atoms with Crippen LogP contribution in [0.1, 0.15) is 32.8 Å². The van der Waals surface area contributed by atoms with Crippen molar-refractivity contribution in [2.45, 2.75) is 38.8 Å². The molecule has 0 aromatic heterocycles. The highest BCUT2D eigenvalue weighted by Crippen LogP contribution is 2.16. The molecular formula is C16H19ClN2O4. The zero-order valence-electron chi connectivity index (χ0n) is 13.1. The molecule has 1 rings (SSSR count). The normalized spacial score (nSPS) is 11.8. The Hall–Kier alpha value is -2.39. The van der Waals surface area contributed by atoms with Crippen LogP contribution in [0.5, 0.6) is 0 Å². The van der Waals surface area contributed by atoms with Crippen molar-refractivity contribution in [3.8, 4) is 11.8 Å². The molecule has 4 N–H and O–H groups in total. The third-order valence-electron chi connectivity index (χ3n) is 2.53. The Balaban J connectivity index is 2.75. The SMILES string of the molecule is CC(C)(C)OC(=O)N[C@H](CC#Cc1cc(Cl)ccc1N)C(=O)O. The van der Waals surface area contributed by atoms with E-state index in [0.29, 0.717) is 16.3 Å². The fourth-order valence-electron chi connectivity index (χ4n) is 1.53. The van der Waals surface area contributed by atoms with Gasteiger partial charge in [-0.3, -0.25) is 0 Å². The van der Waals surface area contributed by atoms with E-state index in [4.69, 9.17) is 27.2 Å². The van der Waals surface area contributed by atoms with Crippen LogP contribution >= 0.6 is 11.6 Å². The van der Waals surface area contributed by atoms with Crippen molar-refractivity contribution >= 4 is 29.4 Å². The number of hydrogen-bond donors (Lipinski definition) is 3. The van der Waals surface area contributed by atoms with Crippen LogP contribution in [0.25, 0.3) is 0 Å². The Morgan fingerprint density at radius 2 is 2.09 bits per heavy atom. The van der Waals surface area contributed by atoms with Crippen molar-refractivity contribution < 1.29 is 19.4 Å². The first-order valence-electron chi connectivity index (χ1n) is 6.84. The zero-order chi connectivity index (χ0) is 17.6. The first kappa shape index (κ1) is 18.7. The van der Waals surface area contributed by atoms with Gasteiger partial charge in [0.25, 0.3) is 0 Å². The summed E-state index contributed by atoms with van der Waals surface area (Å²) >= 11 is 5.85. The second-order valence-electron chi connectivity index (χ2n) is 5.77. The number of nitrogens with two attached hydrogens (primary N) is 1. The van der Waals surface area contributed by atoms with Gasteiger partial charge in [0.2, 0.25) is 0 Å². The minimum absolute atomic E-state index is 0.0967. The number of carboxylic acids is 1. The summed E-state index contributed by atoms with van der Waals surface area (Å²) in [5.41, 5.74) is 5.97. The minimum atomic E-state index is -1.20. The fraction of sp³-hybridized carbons (Fsp3) is 0.375. The number of hydrogen-bond acceptors (Lipinski definition) is 4. The third-order valence-corrected chi connectivity index (χ3v) is 2.77. The number of benzene rings is 1. The van der Waals surface area contributed by atoms with Crippen LogP contribution < -0.4 is 11.1 Å². The molecule has 0 saturated carbocycles. The van der Waals surface area contributed by atoms with Crippen LogP contribution in [-0.4, -0.2) is 28.8 Å². The molecule has 0 saturated heterocycles. The molecule has 0 aliphatic heterocycles. The van der Waals surface area contributed by atoms with E-state index in [9.17, 15) is 9.59 Å². The van der Waals surface area contributed by atoms with Gasteiger partial charge in [-0.25, -0.2) is 9.59 Å². The number of carbonyl (C=O) groups is 2. The van der Waals surface area contributed by atoms with Crippen molar-refractivity contribution in [3.05, 3.63) is 28.8 Å². The van der Waals surface area contributed by atoms with E-state index < -0.39 is 23.7 Å². The van der Waals surface area contributed by atoms with Gasteiger partial charge in [-0.1, -0.05) is 23.4 Å². The van der Waals surface area contributed by atoms with E-state index in [0.717, 1.165) is 0 Å². The van der Waals surface area contributed by atoms with Crippen LogP contribution in [0.2, 0.25) is 5.02 Å². The molecule has 0 aliphatic rings. The number of carbonyl (C=O) groups excluding carboxylic acids is 1. The number of nitrogen functional groups attached to an aromatic ring is 1. The molecule has 6 nitrogen and oxygen atoms in total.